The van der Waals surface area contributed by atoms with E-state index < -0.39 is 95.7 Å². The van der Waals surface area contributed by atoms with Crippen LogP contribution < -0.4 is 0 Å². The SMILES string of the molecule is CC/C=C\C/C=C\C/C=C\C/C=C\CCCCCCCCC(=O)OC[C@H](COP(=O)(O)O[C@H]1C(O)C(O)C(O)[C@@H](OP(=O)(O)O)C1O)OC(=O)CCC[C@@H](O)[C@H](O)C/C=C\C/C=C\C/C=C\C/C=C\CC. The second-order valence-electron chi connectivity index (χ2n) is 17.1. The Morgan fingerprint density at radius 1 is 0.507 bits per heavy atom. The van der Waals surface area contributed by atoms with E-state index in [-0.39, 0.29) is 32.1 Å². The van der Waals surface area contributed by atoms with Crippen LogP contribution in [0.4, 0.5) is 0 Å². The van der Waals surface area contributed by atoms with Gasteiger partial charge < -0.3 is 54.8 Å². The van der Waals surface area contributed by atoms with Gasteiger partial charge in [0, 0.05) is 12.8 Å². The second kappa shape index (κ2) is 40.3. The quantitative estimate of drug-likeness (QED) is 0.0122. The van der Waals surface area contributed by atoms with Gasteiger partial charge in [0.2, 0.25) is 0 Å². The number of rotatable bonds is 40. The molecule has 20 heteroatoms. The predicted molar refractivity (Wildman–Crippen MR) is 271 cm³/mol. The molecule has 9 N–H and O–H groups in total. The summed E-state index contributed by atoms with van der Waals surface area (Å²) in [5.41, 5.74) is 0. The molecule has 0 aromatic heterocycles. The molecule has 1 rings (SSSR count). The monoisotopic (exact) mass is 1050 g/mol. The lowest BCUT2D eigenvalue weighted by Gasteiger charge is -2.43. The number of carbonyl (C=O) groups is 2. The number of allylic oxidation sites excluding steroid dienone is 15. The van der Waals surface area contributed by atoms with Gasteiger partial charge in [-0.25, -0.2) is 9.13 Å². The minimum Gasteiger partial charge on any atom is -0.462 e. The summed E-state index contributed by atoms with van der Waals surface area (Å²) in [4.78, 5) is 54.5. The fourth-order valence-corrected chi connectivity index (χ4v) is 8.47. The van der Waals surface area contributed by atoms with Crippen molar-refractivity contribution >= 4 is 27.6 Å². The third-order valence-electron chi connectivity index (χ3n) is 10.9. The van der Waals surface area contributed by atoms with Gasteiger partial charge in [0.25, 0.3) is 0 Å². The zero-order chi connectivity index (χ0) is 52.8. The van der Waals surface area contributed by atoms with Crippen LogP contribution in [-0.4, -0.2) is 125 Å². The van der Waals surface area contributed by atoms with Gasteiger partial charge in [-0.05, 0) is 89.9 Å². The smallest absolute Gasteiger partial charge is 0.462 e. The van der Waals surface area contributed by atoms with Crippen LogP contribution in [0, 0.1) is 0 Å². The number of ether oxygens (including phenoxy) is 2. The third kappa shape index (κ3) is 34.1. The van der Waals surface area contributed by atoms with E-state index >= 15 is 0 Å². The van der Waals surface area contributed by atoms with Crippen molar-refractivity contribution in [2.45, 2.75) is 197 Å². The van der Waals surface area contributed by atoms with Gasteiger partial charge in [-0.2, -0.15) is 0 Å². The minimum absolute atomic E-state index is 0.0181. The highest BCUT2D eigenvalue weighted by Crippen LogP contribution is 2.49. The molecule has 1 aliphatic rings. The van der Waals surface area contributed by atoms with Crippen LogP contribution >= 0.6 is 15.6 Å². The number of aliphatic hydroxyl groups excluding tert-OH is 6. The average molecular weight is 1050 g/mol. The van der Waals surface area contributed by atoms with Crippen LogP contribution in [-0.2, 0) is 41.8 Å². The van der Waals surface area contributed by atoms with Crippen molar-refractivity contribution in [2.24, 2.45) is 0 Å². The lowest BCUT2D eigenvalue weighted by Crippen LogP contribution is -2.64. The zero-order valence-electron chi connectivity index (χ0n) is 41.6. The van der Waals surface area contributed by atoms with E-state index in [4.69, 9.17) is 18.5 Å². The Morgan fingerprint density at radius 3 is 1.48 bits per heavy atom. The van der Waals surface area contributed by atoms with E-state index in [1.807, 2.05) is 18.2 Å². The van der Waals surface area contributed by atoms with Gasteiger partial charge in [0.05, 0.1) is 18.8 Å². The molecular formula is C51H84O18P2. The molecule has 0 aliphatic heterocycles. The number of hydrogen-bond acceptors (Lipinski definition) is 15. The largest absolute Gasteiger partial charge is 0.472 e. The molecule has 0 aromatic rings. The molecule has 71 heavy (non-hydrogen) atoms. The molecule has 0 radical (unpaired) electrons. The minimum atomic E-state index is -5.41. The van der Waals surface area contributed by atoms with Crippen molar-refractivity contribution in [2.75, 3.05) is 13.2 Å². The third-order valence-corrected chi connectivity index (χ3v) is 12.4. The van der Waals surface area contributed by atoms with E-state index in [1.54, 1.807) is 6.08 Å². The number of aliphatic hydroxyl groups is 6. The van der Waals surface area contributed by atoms with Crippen LogP contribution in [0.15, 0.2) is 97.2 Å². The first-order valence-corrected chi connectivity index (χ1v) is 28.0. The van der Waals surface area contributed by atoms with Crippen molar-refractivity contribution in [1.29, 1.82) is 0 Å². The lowest BCUT2D eigenvalue weighted by atomic mass is 9.85. The molecule has 0 amide bonds. The number of unbranched alkanes of at least 4 members (excludes halogenated alkanes) is 6. The molecule has 18 nitrogen and oxygen atoms in total. The molecule has 0 heterocycles. The van der Waals surface area contributed by atoms with E-state index in [0.717, 1.165) is 83.5 Å². The summed E-state index contributed by atoms with van der Waals surface area (Å²) in [6.45, 7) is 2.62. The van der Waals surface area contributed by atoms with Gasteiger partial charge in [-0.15, -0.1) is 0 Å². The maximum atomic E-state index is 13.0. The van der Waals surface area contributed by atoms with Crippen molar-refractivity contribution in [1.82, 2.24) is 0 Å². The van der Waals surface area contributed by atoms with Crippen molar-refractivity contribution in [3.63, 3.8) is 0 Å². The van der Waals surface area contributed by atoms with Gasteiger partial charge in [-0.3, -0.25) is 23.2 Å². The normalized spacial score (nSPS) is 22.6. The van der Waals surface area contributed by atoms with E-state index in [0.29, 0.717) is 12.8 Å². The highest BCUT2D eigenvalue weighted by Gasteiger charge is 2.54. The molecule has 1 aliphatic carbocycles. The number of carbonyl (C=O) groups excluding carboxylic acids is 2. The number of hydrogen-bond donors (Lipinski definition) is 9. The number of phosphoric ester groups is 2. The maximum absolute atomic E-state index is 13.0. The van der Waals surface area contributed by atoms with Crippen molar-refractivity contribution in [3.05, 3.63) is 97.2 Å². The summed E-state index contributed by atoms with van der Waals surface area (Å²) in [5, 5.41) is 62.2. The highest BCUT2D eigenvalue weighted by molar-refractivity contribution is 7.47. The second-order valence-corrected chi connectivity index (χ2v) is 19.7. The topological polar surface area (TPSA) is 296 Å². The van der Waals surface area contributed by atoms with E-state index in [2.05, 4.69) is 91.3 Å². The summed E-state index contributed by atoms with van der Waals surface area (Å²) in [6.07, 6.45) is 29.3. The fraction of sp³-hybridized carbons (Fsp3) is 0.647. The maximum Gasteiger partial charge on any atom is 0.472 e. The van der Waals surface area contributed by atoms with Crippen molar-refractivity contribution in [3.8, 4) is 0 Å². The molecule has 1 fully saturated rings. The van der Waals surface area contributed by atoms with Gasteiger partial charge in [0.1, 0.15) is 43.2 Å². The number of phosphoric acid groups is 2. The molecule has 0 bridgehead atoms. The van der Waals surface area contributed by atoms with Crippen LogP contribution in [0.25, 0.3) is 0 Å². The first kappa shape index (κ1) is 65.9. The first-order chi connectivity index (χ1) is 33.9. The first-order valence-electron chi connectivity index (χ1n) is 24.9. The molecule has 1 saturated carbocycles. The Morgan fingerprint density at radius 2 is 0.958 bits per heavy atom. The Hall–Kier alpha value is -3.16. The van der Waals surface area contributed by atoms with Crippen molar-refractivity contribution < 1.29 is 87.1 Å². The predicted octanol–water partition coefficient (Wildman–Crippen LogP) is 7.89. The van der Waals surface area contributed by atoms with Gasteiger partial charge in [0.15, 0.2) is 6.10 Å². The van der Waals surface area contributed by atoms with Crippen LogP contribution in [0.1, 0.15) is 142 Å². The zero-order valence-corrected chi connectivity index (χ0v) is 43.4. The summed E-state index contributed by atoms with van der Waals surface area (Å²) in [5.74, 6) is -1.52. The molecule has 5 unspecified atom stereocenters. The molecule has 10 atom stereocenters. The summed E-state index contributed by atoms with van der Waals surface area (Å²) < 4.78 is 49.2. The van der Waals surface area contributed by atoms with Crippen LogP contribution in [0.2, 0.25) is 0 Å². The molecule has 0 aromatic carbocycles. The molecule has 406 valence electrons. The highest BCUT2D eigenvalue weighted by atomic mass is 31.2. The Bertz CT molecular complexity index is 1770. The summed E-state index contributed by atoms with van der Waals surface area (Å²) in [7, 11) is -10.8. The average Bonchev–Trinajstić information content (AvgIpc) is 3.32. The van der Waals surface area contributed by atoms with Gasteiger partial charge in [-0.1, -0.05) is 137 Å². The summed E-state index contributed by atoms with van der Waals surface area (Å²) >= 11 is 0. The molecule has 0 saturated heterocycles. The van der Waals surface area contributed by atoms with Crippen LogP contribution in [0.5, 0.6) is 0 Å². The lowest BCUT2D eigenvalue weighted by molar-refractivity contribution is -0.216. The standard InChI is InChI=1S/C51H84O18P2/c1-3-5-7-9-11-13-15-17-18-19-20-21-22-23-25-27-29-31-33-37-44(54)65-39-41(40-66-71(63,64)69-51-48(58)46(56)47(57)50(49(51)59)68-70(60,61)62)67-45(55)38-34-36-43(53)42(52)35-32-30-28-26-24-16-14-12-10-8-6-4-2/h5-8,11-14,17-18,20-21,24,26,30,32,41-43,46-53,56-59H,3-4,9-10,15-16,19,22-23,25,27-29,31,33-40H2,1-2H3,(H,63,64)(H2,60,61,62)/b7-5-,8-6-,13-11-,14-12-,18-17-,21-20-,26-24-,32-30-/t41-,42-,43-,46?,47?,48?,49?,50-,51+/m1/s1. The Kier molecular flexibility index (Phi) is 37.3. The molecular weight excluding hydrogens is 962 g/mol. The molecule has 0 spiro atoms. The van der Waals surface area contributed by atoms with Gasteiger partial charge >= 0.3 is 27.6 Å². The fourth-order valence-electron chi connectivity index (χ4n) is 6.93. The summed E-state index contributed by atoms with van der Waals surface area (Å²) in [6, 6.07) is 0. The van der Waals surface area contributed by atoms with E-state index in [9.17, 15) is 64.0 Å². The Labute approximate surface area is 421 Å². The Balaban J connectivity index is 2.68. The van der Waals surface area contributed by atoms with Crippen LogP contribution in [0.3, 0.4) is 0 Å². The number of esters is 2. The van der Waals surface area contributed by atoms with E-state index in [1.165, 1.54) is 0 Å².